The van der Waals surface area contributed by atoms with E-state index in [2.05, 4.69) is 5.32 Å². The Labute approximate surface area is 182 Å². The van der Waals surface area contributed by atoms with Gasteiger partial charge in [-0.2, -0.15) is 4.31 Å². The van der Waals surface area contributed by atoms with Crippen molar-refractivity contribution in [2.45, 2.75) is 32.2 Å². The summed E-state index contributed by atoms with van der Waals surface area (Å²) in [6, 6.07) is 18.0. The summed E-state index contributed by atoms with van der Waals surface area (Å²) in [5.74, 6) is -1.03. The minimum atomic E-state index is -3.93. The van der Waals surface area contributed by atoms with Crippen molar-refractivity contribution in [3.05, 3.63) is 94.8 Å². The van der Waals surface area contributed by atoms with Crippen LogP contribution in [0.15, 0.2) is 71.6 Å². The monoisotopic (exact) mass is 440 g/mol. The zero-order valence-corrected chi connectivity index (χ0v) is 18.5. The van der Waals surface area contributed by atoms with Crippen LogP contribution < -0.4 is 5.32 Å². The summed E-state index contributed by atoms with van der Waals surface area (Å²) in [6.07, 6.45) is 0. The van der Waals surface area contributed by atoms with E-state index < -0.39 is 28.3 Å². The maximum atomic E-state index is 13.6. The third-order valence-electron chi connectivity index (χ3n) is 4.93. The van der Waals surface area contributed by atoms with Gasteiger partial charge in [0, 0.05) is 12.2 Å². The van der Waals surface area contributed by atoms with E-state index in [4.69, 9.17) is 0 Å². The molecular formula is C24H25FN2O3S. The van der Waals surface area contributed by atoms with Gasteiger partial charge in [-0.1, -0.05) is 53.6 Å². The molecule has 3 aromatic rings. The van der Waals surface area contributed by atoms with Crippen LogP contribution in [0.3, 0.4) is 0 Å². The molecule has 1 N–H and O–H groups in total. The first kappa shape index (κ1) is 22.7. The summed E-state index contributed by atoms with van der Waals surface area (Å²) in [6.45, 7) is 5.18. The first-order valence-electron chi connectivity index (χ1n) is 9.83. The van der Waals surface area contributed by atoms with Gasteiger partial charge in [0.15, 0.2) is 0 Å². The fourth-order valence-corrected chi connectivity index (χ4v) is 4.45. The maximum Gasteiger partial charge on any atom is 0.243 e. The van der Waals surface area contributed by atoms with E-state index in [0.717, 1.165) is 21.0 Å². The van der Waals surface area contributed by atoms with Gasteiger partial charge in [-0.3, -0.25) is 4.79 Å². The lowest BCUT2D eigenvalue weighted by Crippen LogP contribution is -2.37. The van der Waals surface area contributed by atoms with Crippen LogP contribution in [0.25, 0.3) is 0 Å². The molecule has 0 aliphatic rings. The Balaban J connectivity index is 1.89. The average molecular weight is 441 g/mol. The van der Waals surface area contributed by atoms with E-state index in [-0.39, 0.29) is 11.4 Å². The third kappa shape index (κ3) is 5.77. The number of halogens is 1. The largest absolute Gasteiger partial charge is 0.325 e. The van der Waals surface area contributed by atoms with Gasteiger partial charge >= 0.3 is 0 Å². The second-order valence-corrected chi connectivity index (χ2v) is 9.52. The minimum absolute atomic E-state index is 0.0338. The molecule has 31 heavy (non-hydrogen) atoms. The number of sulfonamides is 1. The molecule has 0 heterocycles. The highest BCUT2D eigenvalue weighted by Gasteiger charge is 2.27. The molecule has 0 atom stereocenters. The van der Waals surface area contributed by atoms with Crippen LogP contribution in [0.2, 0.25) is 0 Å². The Morgan fingerprint density at radius 1 is 0.903 bits per heavy atom. The number of nitrogens with zero attached hydrogens (tertiary/aromatic N) is 1. The van der Waals surface area contributed by atoms with Crippen molar-refractivity contribution < 1.29 is 17.6 Å². The number of hydrogen-bond acceptors (Lipinski definition) is 3. The number of benzene rings is 3. The number of carbonyl (C=O) groups excluding carboxylic acids is 1. The Hall–Kier alpha value is -3.03. The molecule has 0 saturated heterocycles. The summed E-state index contributed by atoms with van der Waals surface area (Å²) in [5.41, 5.74) is 3.74. The number of anilines is 1. The Morgan fingerprint density at radius 3 is 2.10 bits per heavy atom. The van der Waals surface area contributed by atoms with E-state index in [1.54, 1.807) is 25.1 Å². The highest BCUT2D eigenvalue weighted by molar-refractivity contribution is 7.89. The number of nitrogens with one attached hydrogen (secondary N) is 1. The molecule has 0 spiro atoms. The van der Waals surface area contributed by atoms with Crippen molar-refractivity contribution in [3.63, 3.8) is 0 Å². The molecule has 3 rings (SSSR count). The standard InChI is InChI=1S/C24H25FN2O3S/c1-17-4-9-20(10-5-17)15-27(31(29,30)22-12-6-18(2)7-13-22)16-24(28)26-23-14-21(25)11-8-19(23)3/h4-14H,15-16H2,1-3H3,(H,26,28). The highest BCUT2D eigenvalue weighted by atomic mass is 32.2. The van der Waals surface area contributed by atoms with E-state index in [0.29, 0.717) is 11.3 Å². The van der Waals surface area contributed by atoms with Crippen LogP contribution in [-0.4, -0.2) is 25.2 Å². The van der Waals surface area contributed by atoms with Gasteiger partial charge in [-0.25, -0.2) is 12.8 Å². The summed E-state index contributed by atoms with van der Waals surface area (Å²) in [4.78, 5) is 12.8. The molecule has 3 aromatic carbocycles. The average Bonchev–Trinajstić information content (AvgIpc) is 2.72. The number of amides is 1. The molecule has 0 unspecified atom stereocenters. The fourth-order valence-electron chi connectivity index (χ4n) is 3.06. The number of hydrogen-bond donors (Lipinski definition) is 1. The first-order valence-corrected chi connectivity index (χ1v) is 11.3. The van der Waals surface area contributed by atoms with Crippen LogP contribution >= 0.6 is 0 Å². The Bertz CT molecular complexity index is 1170. The number of aryl methyl sites for hydroxylation is 3. The van der Waals surface area contributed by atoms with Crippen LogP contribution in [0, 0.1) is 26.6 Å². The molecular weight excluding hydrogens is 415 g/mol. The topological polar surface area (TPSA) is 66.5 Å². The predicted octanol–water partition coefficient (Wildman–Crippen LogP) is 4.58. The molecule has 0 radical (unpaired) electrons. The summed E-state index contributed by atoms with van der Waals surface area (Å²) in [7, 11) is -3.93. The third-order valence-corrected chi connectivity index (χ3v) is 6.74. The van der Waals surface area contributed by atoms with Crippen molar-refractivity contribution in [3.8, 4) is 0 Å². The molecule has 0 aromatic heterocycles. The van der Waals surface area contributed by atoms with Crippen molar-refractivity contribution in [1.82, 2.24) is 4.31 Å². The molecule has 0 bridgehead atoms. The van der Waals surface area contributed by atoms with Gasteiger partial charge < -0.3 is 5.32 Å². The van der Waals surface area contributed by atoms with Crippen LogP contribution in [0.4, 0.5) is 10.1 Å². The van der Waals surface area contributed by atoms with Crippen molar-refractivity contribution >= 4 is 21.6 Å². The normalized spacial score (nSPS) is 11.5. The van der Waals surface area contributed by atoms with Gasteiger partial charge in [-0.15, -0.1) is 0 Å². The Kier molecular flexibility index (Phi) is 6.87. The fraction of sp³-hybridized carbons (Fsp3) is 0.208. The van der Waals surface area contributed by atoms with Crippen molar-refractivity contribution in [2.24, 2.45) is 0 Å². The Morgan fingerprint density at radius 2 is 1.48 bits per heavy atom. The minimum Gasteiger partial charge on any atom is -0.325 e. The van der Waals surface area contributed by atoms with E-state index >= 15 is 0 Å². The number of carbonyl (C=O) groups is 1. The predicted molar refractivity (Wildman–Crippen MR) is 120 cm³/mol. The molecule has 0 aliphatic heterocycles. The molecule has 7 heteroatoms. The molecule has 0 aliphatic carbocycles. The molecule has 0 fully saturated rings. The molecule has 0 saturated carbocycles. The summed E-state index contributed by atoms with van der Waals surface area (Å²) < 4.78 is 41.3. The van der Waals surface area contributed by atoms with E-state index in [1.165, 1.54) is 24.3 Å². The van der Waals surface area contributed by atoms with Gasteiger partial charge in [0.25, 0.3) is 0 Å². The zero-order chi connectivity index (χ0) is 22.6. The van der Waals surface area contributed by atoms with Crippen molar-refractivity contribution in [1.29, 1.82) is 0 Å². The van der Waals surface area contributed by atoms with E-state index in [9.17, 15) is 17.6 Å². The maximum absolute atomic E-state index is 13.6. The molecule has 5 nitrogen and oxygen atoms in total. The van der Waals surface area contributed by atoms with Crippen LogP contribution in [-0.2, 0) is 21.4 Å². The molecule has 1 amide bonds. The van der Waals surface area contributed by atoms with Crippen LogP contribution in [0.1, 0.15) is 22.3 Å². The second-order valence-electron chi connectivity index (χ2n) is 7.58. The van der Waals surface area contributed by atoms with Gasteiger partial charge in [0.1, 0.15) is 5.82 Å². The highest BCUT2D eigenvalue weighted by Crippen LogP contribution is 2.21. The lowest BCUT2D eigenvalue weighted by Gasteiger charge is -2.22. The summed E-state index contributed by atoms with van der Waals surface area (Å²) in [5, 5.41) is 2.62. The number of rotatable bonds is 7. The second kappa shape index (κ2) is 9.41. The van der Waals surface area contributed by atoms with Gasteiger partial charge in [0.2, 0.25) is 15.9 Å². The summed E-state index contributed by atoms with van der Waals surface area (Å²) >= 11 is 0. The zero-order valence-electron chi connectivity index (χ0n) is 17.7. The van der Waals surface area contributed by atoms with E-state index in [1.807, 2.05) is 38.1 Å². The lowest BCUT2D eigenvalue weighted by atomic mass is 10.1. The lowest BCUT2D eigenvalue weighted by molar-refractivity contribution is -0.116. The SMILES string of the molecule is Cc1ccc(CN(CC(=O)Nc2cc(F)ccc2C)S(=O)(=O)c2ccc(C)cc2)cc1. The smallest absolute Gasteiger partial charge is 0.243 e. The van der Waals surface area contributed by atoms with Crippen molar-refractivity contribution in [2.75, 3.05) is 11.9 Å². The van der Waals surface area contributed by atoms with Gasteiger partial charge in [-0.05, 0) is 56.2 Å². The van der Waals surface area contributed by atoms with Crippen LogP contribution in [0.5, 0.6) is 0 Å². The molecule has 162 valence electrons. The quantitative estimate of drug-likeness (QED) is 0.585. The first-order chi connectivity index (χ1) is 14.6. The van der Waals surface area contributed by atoms with Gasteiger partial charge in [0.05, 0.1) is 11.4 Å².